The van der Waals surface area contributed by atoms with Gasteiger partial charge in [0.15, 0.2) is 4.32 Å². The second-order valence-electron chi connectivity index (χ2n) is 6.08. The summed E-state index contributed by atoms with van der Waals surface area (Å²) in [6.07, 6.45) is 1.67. The van der Waals surface area contributed by atoms with Gasteiger partial charge >= 0.3 is 0 Å². The van der Waals surface area contributed by atoms with Gasteiger partial charge in [0, 0.05) is 0 Å². The van der Waals surface area contributed by atoms with E-state index in [1.54, 1.807) is 13.0 Å². The van der Waals surface area contributed by atoms with Gasteiger partial charge in [0.25, 0.3) is 11.8 Å². The van der Waals surface area contributed by atoms with Crippen LogP contribution in [0.2, 0.25) is 0 Å². The van der Waals surface area contributed by atoms with E-state index in [-0.39, 0.29) is 11.8 Å². The molecule has 0 aromatic heterocycles. The fraction of sp³-hybridized carbons (Fsp3) is 0.100. The predicted molar refractivity (Wildman–Crippen MR) is 113 cm³/mol. The van der Waals surface area contributed by atoms with Crippen LogP contribution in [0.1, 0.15) is 6.92 Å². The molecule has 2 heterocycles. The number of thiocarbonyl (C=S) groups is 1. The van der Waals surface area contributed by atoms with Crippen molar-refractivity contribution in [1.82, 2.24) is 0 Å². The second-order valence-corrected chi connectivity index (χ2v) is 7.76. The Morgan fingerprint density at radius 1 is 1.00 bits per heavy atom. The molecule has 27 heavy (non-hydrogen) atoms. The highest BCUT2D eigenvalue weighted by molar-refractivity contribution is 8.27. The highest BCUT2D eigenvalue weighted by Gasteiger charge is 2.38. The van der Waals surface area contributed by atoms with Crippen LogP contribution in [0, 0.1) is 5.92 Å². The number of rotatable bonds is 3. The Labute approximate surface area is 166 Å². The molecule has 0 unspecified atom stereocenters. The molecular weight excluding hydrogens is 378 g/mol. The Bertz CT molecular complexity index is 987. The monoisotopic (exact) mass is 393 g/mol. The van der Waals surface area contributed by atoms with E-state index in [9.17, 15) is 9.59 Å². The number of thioether (sulfide) groups is 1. The van der Waals surface area contributed by atoms with E-state index < -0.39 is 5.92 Å². The minimum absolute atomic E-state index is 0.177. The molecule has 2 aromatic rings. The third-order valence-corrected chi connectivity index (χ3v) is 5.63. The Hall–Kier alpha value is -2.77. The number of anilines is 2. The molecule has 0 saturated carbocycles. The molecule has 0 bridgehead atoms. The number of amides is 2. The Balaban J connectivity index is 1.61. The molecule has 1 fully saturated rings. The van der Waals surface area contributed by atoms with Gasteiger partial charge in [-0.2, -0.15) is 10.1 Å². The van der Waals surface area contributed by atoms with Gasteiger partial charge in [-0.3, -0.25) is 14.5 Å². The minimum Gasteiger partial charge on any atom is -0.271 e. The first-order chi connectivity index (χ1) is 13.1. The number of hydrogen-bond acceptors (Lipinski definition) is 5. The SMILES string of the molecule is CC1=NN(c2ccccc2)C(=O)[C@@H]1/C=C1/SC(=S)N(c2ccccc2)C1=O. The summed E-state index contributed by atoms with van der Waals surface area (Å²) in [6.45, 7) is 1.79. The molecule has 134 valence electrons. The Morgan fingerprint density at radius 3 is 2.22 bits per heavy atom. The number of carbonyl (C=O) groups is 2. The number of para-hydroxylation sites is 2. The first-order valence-electron chi connectivity index (χ1n) is 8.33. The van der Waals surface area contributed by atoms with E-state index in [1.165, 1.54) is 21.7 Å². The average Bonchev–Trinajstić information content (AvgIpc) is 3.13. The van der Waals surface area contributed by atoms with Crippen molar-refractivity contribution in [3.8, 4) is 0 Å². The van der Waals surface area contributed by atoms with Gasteiger partial charge in [-0.1, -0.05) is 60.4 Å². The van der Waals surface area contributed by atoms with Crippen molar-refractivity contribution in [1.29, 1.82) is 0 Å². The van der Waals surface area contributed by atoms with Gasteiger partial charge < -0.3 is 0 Å². The van der Waals surface area contributed by atoms with E-state index in [4.69, 9.17) is 12.2 Å². The summed E-state index contributed by atoms with van der Waals surface area (Å²) in [7, 11) is 0. The zero-order valence-corrected chi connectivity index (χ0v) is 16.0. The smallest absolute Gasteiger partial charge is 0.270 e. The Kier molecular flexibility index (Phi) is 4.63. The molecule has 1 saturated heterocycles. The quantitative estimate of drug-likeness (QED) is 0.585. The number of hydrogen-bond donors (Lipinski definition) is 0. The standard InChI is InChI=1S/C20H15N3O2S2/c1-13-16(18(24)23(21-13)15-10-6-3-7-11-15)12-17-19(25)22(20(26)27-17)14-8-4-2-5-9-14/h2-12,16H,1H3/b17-12+/t16-/m1/s1. The molecule has 2 aliphatic heterocycles. The molecule has 0 radical (unpaired) electrons. The number of nitrogens with zero attached hydrogens (tertiary/aromatic N) is 3. The summed E-state index contributed by atoms with van der Waals surface area (Å²) in [5, 5.41) is 5.76. The third kappa shape index (κ3) is 3.20. The van der Waals surface area contributed by atoms with Crippen LogP contribution in [-0.4, -0.2) is 21.8 Å². The molecule has 5 nitrogen and oxygen atoms in total. The second kappa shape index (κ2) is 7.09. The van der Waals surface area contributed by atoms with Crippen LogP contribution in [0.3, 0.4) is 0 Å². The highest BCUT2D eigenvalue weighted by Crippen LogP contribution is 2.36. The molecule has 0 N–H and O–H groups in total. The Morgan fingerprint density at radius 2 is 1.59 bits per heavy atom. The third-order valence-electron chi connectivity index (χ3n) is 4.31. The number of benzene rings is 2. The maximum Gasteiger partial charge on any atom is 0.270 e. The van der Waals surface area contributed by atoms with Crippen molar-refractivity contribution >= 4 is 57.2 Å². The van der Waals surface area contributed by atoms with Crippen LogP contribution in [0.15, 0.2) is 76.7 Å². The average molecular weight is 393 g/mol. The summed E-state index contributed by atoms with van der Waals surface area (Å²) in [4.78, 5) is 27.6. The maximum atomic E-state index is 12.9. The van der Waals surface area contributed by atoms with Crippen molar-refractivity contribution in [2.24, 2.45) is 11.0 Å². The van der Waals surface area contributed by atoms with Crippen LogP contribution in [0.4, 0.5) is 11.4 Å². The zero-order valence-electron chi connectivity index (χ0n) is 14.4. The van der Waals surface area contributed by atoms with Crippen molar-refractivity contribution in [3.63, 3.8) is 0 Å². The first-order valence-corrected chi connectivity index (χ1v) is 9.56. The lowest BCUT2D eigenvalue weighted by molar-refractivity contribution is -0.118. The topological polar surface area (TPSA) is 53.0 Å². The van der Waals surface area contributed by atoms with Crippen LogP contribution in [0.25, 0.3) is 0 Å². The lowest BCUT2D eigenvalue weighted by atomic mass is 10.0. The zero-order chi connectivity index (χ0) is 19.0. The van der Waals surface area contributed by atoms with E-state index in [0.29, 0.717) is 20.6 Å². The fourth-order valence-electron chi connectivity index (χ4n) is 2.96. The van der Waals surface area contributed by atoms with Gasteiger partial charge in [-0.05, 0) is 37.3 Å². The van der Waals surface area contributed by atoms with Crippen molar-refractivity contribution in [2.45, 2.75) is 6.92 Å². The van der Waals surface area contributed by atoms with Crippen LogP contribution in [-0.2, 0) is 9.59 Å². The number of carbonyl (C=O) groups excluding carboxylic acids is 2. The minimum atomic E-state index is -0.574. The maximum absolute atomic E-state index is 12.9. The molecule has 2 amide bonds. The van der Waals surface area contributed by atoms with Crippen molar-refractivity contribution < 1.29 is 9.59 Å². The fourth-order valence-corrected chi connectivity index (χ4v) is 4.27. The van der Waals surface area contributed by atoms with E-state index >= 15 is 0 Å². The molecule has 1 atom stereocenters. The molecule has 0 aliphatic carbocycles. The summed E-state index contributed by atoms with van der Waals surface area (Å²) in [5.74, 6) is -0.964. The molecule has 7 heteroatoms. The lowest BCUT2D eigenvalue weighted by Gasteiger charge is -2.14. The summed E-state index contributed by atoms with van der Waals surface area (Å²) in [6, 6.07) is 18.5. The normalized spacial score (nSPS) is 21.4. The highest BCUT2D eigenvalue weighted by atomic mass is 32.2. The largest absolute Gasteiger partial charge is 0.271 e. The predicted octanol–water partition coefficient (Wildman–Crippen LogP) is 3.97. The van der Waals surface area contributed by atoms with Crippen molar-refractivity contribution in [2.75, 3.05) is 9.91 Å². The number of hydrazone groups is 1. The summed E-state index contributed by atoms with van der Waals surface area (Å²) in [5.41, 5.74) is 2.07. The first kappa shape index (κ1) is 17.6. The molecule has 2 aliphatic rings. The van der Waals surface area contributed by atoms with Crippen molar-refractivity contribution in [3.05, 3.63) is 71.6 Å². The molecule has 0 spiro atoms. The molecule has 2 aromatic carbocycles. The van der Waals surface area contributed by atoms with Gasteiger partial charge in [0.05, 0.1) is 27.9 Å². The van der Waals surface area contributed by atoms with Crippen LogP contribution >= 0.6 is 24.0 Å². The van der Waals surface area contributed by atoms with Gasteiger partial charge in [0.1, 0.15) is 0 Å². The van der Waals surface area contributed by atoms with E-state index in [2.05, 4.69) is 5.10 Å². The summed E-state index contributed by atoms with van der Waals surface area (Å²) >= 11 is 6.59. The summed E-state index contributed by atoms with van der Waals surface area (Å²) < 4.78 is 0.456. The van der Waals surface area contributed by atoms with E-state index in [1.807, 2.05) is 60.7 Å². The van der Waals surface area contributed by atoms with Gasteiger partial charge in [-0.15, -0.1) is 0 Å². The van der Waals surface area contributed by atoms with Crippen LogP contribution in [0.5, 0.6) is 0 Å². The van der Waals surface area contributed by atoms with Crippen LogP contribution < -0.4 is 9.91 Å². The van der Waals surface area contributed by atoms with Gasteiger partial charge in [0.2, 0.25) is 0 Å². The van der Waals surface area contributed by atoms with E-state index in [0.717, 1.165) is 5.69 Å². The van der Waals surface area contributed by atoms with Gasteiger partial charge in [-0.25, -0.2) is 0 Å². The lowest BCUT2D eigenvalue weighted by Crippen LogP contribution is -2.28. The molecule has 4 rings (SSSR count). The molecular formula is C20H15N3O2S2.